The predicted molar refractivity (Wildman–Crippen MR) is 87.7 cm³/mol. The van der Waals surface area contributed by atoms with Crippen molar-refractivity contribution in [2.24, 2.45) is 0 Å². The lowest BCUT2D eigenvalue weighted by Crippen LogP contribution is -2.34. The normalized spacial score (nSPS) is 12.6. The second kappa shape index (κ2) is 7.92. The molecule has 0 aliphatic rings. The molecule has 1 atom stereocenters. The van der Waals surface area contributed by atoms with Gasteiger partial charge in [-0.2, -0.15) is 0 Å². The Labute approximate surface area is 132 Å². The monoisotopic (exact) mass is 300 g/mol. The van der Waals surface area contributed by atoms with Crippen molar-refractivity contribution in [2.75, 3.05) is 13.7 Å². The molecule has 0 bridgehead atoms. The maximum atomic E-state index is 10.5. The summed E-state index contributed by atoms with van der Waals surface area (Å²) >= 11 is 0. The van der Waals surface area contributed by atoms with Gasteiger partial charge in [0.1, 0.15) is 5.75 Å². The first-order chi connectivity index (χ1) is 10.6. The van der Waals surface area contributed by atoms with Crippen molar-refractivity contribution in [3.63, 3.8) is 0 Å². The SMILES string of the molecule is COc1cccc(C(O)CN(Cc2cccnc2)C(C)C)c1. The third-order valence-electron chi connectivity index (χ3n) is 3.72. The van der Waals surface area contributed by atoms with Crippen LogP contribution in [0.25, 0.3) is 0 Å². The van der Waals surface area contributed by atoms with Gasteiger partial charge in [0, 0.05) is 31.5 Å². The lowest BCUT2D eigenvalue weighted by Gasteiger charge is -2.29. The Morgan fingerprint density at radius 2 is 2.05 bits per heavy atom. The number of ether oxygens (including phenoxy) is 1. The quantitative estimate of drug-likeness (QED) is 0.853. The van der Waals surface area contributed by atoms with Crippen LogP contribution in [0.3, 0.4) is 0 Å². The van der Waals surface area contributed by atoms with Gasteiger partial charge < -0.3 is 9.84 Å². The molecule has 0 aliphatic carbocycles. The molecule has 22 heavy (non-hydrogen) atoms. The van der Waals surface area contributed by atoms with Crippen LogP contribution in [0, 0.1) is 0 Å². The lowest BCUT2D eigenvalue weighted by molar-refractivity contribution is 0.0906. The van der Waals surface area contributed by atoms with E-state index in [0.29, 0.717) is 12.6 Å². The molecule has 1 heterocycles. The molecule has 1 unspecified atom stereocenters. The molecular weight excluding hydrogens is 276 g/mol. The standard InChI is InChI=1S/C18H24N2O2/c1-14(2)20(12-15-6-5-9-19-11-15)13-18(21)16-7-4-8-17(10-16)22-3/h4-11,14,18,21H,12-13H2,1-3H3. The molecule has 0 spiro atoms. The Morgan fingerprint density at radius 3 is 2.68 bits per heavy atom. The molecule has 2 rings (SSSR count). The summed E-state index contributed by atoms with van der Waals surface area (Å²) in [5, 5.41) is 10.5. The van der Waals surface area contributed by atoms with Crippen LogP contribution in [0.2, 0.25) is 0 Å². The molecule has 1 aromatic heterocycles. The number of methoxy groups -OCH3 is 1. The van der Waals surface area contributed by atoms with Crippen LogP contribution in [-0.4, -0.2) is 34.7 Å². The van der Waals surface area contributed by atoms with Crippen molar-refractivity contribution >= 4 is 0 Å². The molecule has 0 saturated carbocycles. The van der Waals surface area contributed by atoms with Gasteiger partial charge in [-0.3, -0.25) is 9.88 Å². The summed E-state index contributed by atoms with van der Waals surface area (Å²) in [6, 6.07) is 11.9. The Hall–Kier alpha value is -1.91. The Bertz CT molecular complexity index is 572. The van der Waals surface area contributed by atoms with Gasteiger partial charge in [0.05, 0.1) is 13.2 Å². The van der Waals surface area contributed by atoms with Crippen LogP contribution in [0.15, 0.2) is 48.8 Å². The van der Waals surface area contributed by atoms with Gasteiger partial charge in [0.15, 0.2) is 0 Å². The molecule has 0 saturated heterocycles. The van der Waals surface area contributed by atoms with Crippen LogP contribution >= 0.6 is 0 Å². The summed E-state index contributed by atoms with van der Waals surface area (Å²) in [5.74, 6) is 0.764. The number of rotatable bonds is 7. The minimum Gasteiger partial charge on any atom is -0.497 e. The van der Waals surface area contributed by atoms with Gasteiger partial charge in [-0.15, -0.1) is 0 Å². The van der Waals surface area contributed by atoms with Crippen LogP contribution in [-0.2, 0) is 6.54 Å². The maximum absolute atomic E-state index is 10.5. The minimum atomic E-state index is -0.547. The molecule has 0 aliphatic heterocycles. The fraction of sp³-hybridized carbons (Fsp3) is 0.389. The van der Waals surface area contributed by atoms with Gasteiger partial charge in [-0.05, 0) is 43.2 Å². The molecule has 118 valence electrons. The fourth-order valence-corrected chi connectivity index (χ4v) is 2.36. The van der Waals surface area contributed by atoms with Gasteiger partial charge in [-0.25, -0.2) is 0 Å². The van der Waals surface area contributed by atoms with Crippen molar-refractivity contribution in [1.82, 2.24) is 9.88 Å². The molecule has 4 nitrogen and oxygen atoms in total. The number of aliphatic hydroxyl groups is 1. The van der Waals surface area contributed by atoms with Crippen LogP contribution < -0.4 is 4.74 Å². The van der Waals surface area contributed by atoms with Crippen LogP contribution in [0.5, 0.6) is 5.75 Å². The van der Waals surface area contributed by atoms with E-state index in [1.165, 1.54) is 0 Å². The van der Waals surface area contributed by atoms with E-state index < -0.39 is 6.10 Å². The Kier molecular flexibility index (Phi) is 5.92. The van der Waals surface area contributed by atoms with E-state index in [2.05, 4.69) is 29.8 Å². The summed E-state index contributed by atoms with van der Waals surface area (Å²) < 4.78 is 5.22. The number of hydrogen-bond acceptors (Lipinski definition) is 4. The Morgan fingerprint density at radius 1 is 1.23 bits per heavy atom. The first-order valence-electron chi connectivity index (χ1n) is 7.55. The molecule has 2 aromatic rings. The van der Waals surface area contributed by atoms with E-state index in [4.69, 9.17) is 4.74 Å². The zero-order chi connectivity index (χ0) is 15.9. The summed E-state index contributed by atoms with van der Waals surface area (Å²) in [6.45, 7) is 5.61. The molecular formula is C18H24N2O2. The third kappa shape index (κ3) is 4.55. The second-order valence-corrected chi connectivity index (χ2v) is 5.68. The van der Waals surface area contributed by atoms with E-state index in [0.717, 1.165) is 23.4 Å². The minimum absolute atomic E-state index is 0.334. The maximum Gasteiger partial charge on any atom is 0.119 e. The average Bonchev–Trinajstić information content (AvgIpc) is 2.55. The average molecular weight is 300 g/mol. The zero-order valence-electron chi connectivity index (χ0n) is 13.4. The first kappa shape index (κ1) is 16.5. The fourth-order valence-electron chi connectivity index (χ4n) is 2.36. The highest BCUT2D eigenvalue weighted by molar-refractivity contribution is 5.30. The second-order valence-electron chi connectivity index (χ2n) is 5.68. The predicted octanol–water partition coefficient (Wildman–Crippen LogP) is 3.03. The first-order valence-corrected chi connectivity index (χ1v) is 7.55. The molecule has 4 heteroatoms. The molecule has 0 amide bonds. The highest BCUT2D eigenvalue weighted by Gasteiger charge is 2.17. The van der Waals surface area contributed by atoms with Crippen molar-refractivity contribution in [2.45, 2.75) is 32.5 Å². The summed E-state index contributed by atoms with van der Waals surface area (Å²) in [5.41, 5.74) is 2.02. The van der Waals surface area contributed by atoms with E-state index in [9.17, 15) is 5.11 Å². The summed E-state index contributed by atoms with van der Waals surface area (Å²) in [6.07, 6.45) is 3.09. The Balaban J connectivity index is 2.06. The number of pyridine rings is 1. The highest BCUT2D eigenvalue weighted by atomic mass is 16.5. The zero-order valence-corrected chi connectivity index (χ0v) is 13.4. The molecule has 1 N–H and O–H groups in total. The molecule has 0 radical (unpaired) electrons. The number of aliphatic hydroxyl groups excluding tert-OH is 1. The number of aromatic nitrogens is 1. The molecule has 0 fully saturated rings. The van der Waals surface area contributed by atoms with Gasteiger partial charge in [0.2, 0.25) is 0 Å². The van der Waals surface area contributed by atoms with Crippen molar-refractivity contribution in [3.05, 3.63) is 59.9 Å². The van der Waals surface area contributed by atoms with Crippen LogP contribution in [0.1, 0.15) is 31.1 Å². The summed E-state index contributed by atoms with van der Waals surface area (Å²) in [7, 11) is 1.63. The largest absolute Gasteiger partial charge is 0.497 e. The lowest BCUT2D eigenvalue weighted by atomic mass is 10.1. The molecule has 1 aromatic carbocycles. The van der Waals surface area contributed by atoms with Gasteiger partial charge >= 0.3 is 0 Å². The topological polar surface area (TPSA) is 45.6 Å². The number of hydrogen-bond donors (Lipinski definition) is 1. The number of nitrogens with zero attached hydrogens (tertiary/aromatic N) is 2. The van der Waals surface area contributed by atoms with Crippen LogP contribution in [0.4, 0.5) is 0 Å². The smallest absolute Gasteiger partial charge is 0.119 e. The van der Waals surface area contributed by atoms with E-state index >= 15 is 0 Å². The van der Waals surface area contributed by atoms with Crippen molar-refractivity contribution in [3.8, 4) is 5.75 Å². The van der Waals surface area contributed by atoms with Gasteiger partial charge in [-0.1, -0.05) is 18.2 Å². The highest BCUT2D eigenvalue weighted by Crippen LogP contribution is 2.21. The third-order valence-corrected chi connectivity index (χ3v) is 3.72. The van der Waals surface area contributed by atoms with Gasteiger partial charge in [0.25, 0.3) is 0 Å². The van der Waals surface area contributed by atoms with Crippen molar-refractivity contribution < 1.29 is 9.84 Å². The number of benzene rings is 1. The van der Waals surface area contributed by atoms with E-state index in [1.807, 2.05) is 36.5 Å². The summed E-state index contributed by atoms with van der Waals surface area (Å²) in [4.78, 5) is 6.39. The van der Waals surface area contributed by atoms with E-state index in [-0.39, 0.29) is 0 Å². The van der Waals surface area contributed by atoms with Crippen molar-refractivity contribution in [1.29, 1.82) is 0 Å². The van der Waals surface area contributed by atoms with E-state index in [1.54, 1.807) is 13.3 Å².